The Morgan fingerprint density at radius 1 is 1.09 bits per heavy atom. The molecular formula is C27H27N5O3. The number of aromatic nitrogens is 3. The Morgan fingerprint density at radius 2 is 1.89 bits per heavy atom. The molecule has 0 radical (unpaired) electrons. The van der Waals surface area contributed by atoms with Crippen molar-refractivity contribution in [2.75, 3.05) is 11.4 Å². The number of anilines is 1. The smallest absolute Gasteiger partial charge is 0.258 e. The summed E-state index contributed by atoms with van der Waals surface area (Å²) in [4.78, 5) is 32.6. The van der Waals surface area contributed by atoms with Crippen molar-refractivity contribution in [1.82, 2.24) is 20.1 Å². The van der Waals surface area contributed by atoms with E-state index in [1.807, 2.05) is 63.2 Å². The van der Waals surface area contributed by atoms with Gasteiger partial charge < -0.3 is 14.6 Å². The Hall–Kier alpha value is -4.20. The van der Waals surface area contributed by atoms with Crippen LogP contribution < -0.4 is 10.2 Å². The van der Waals surface area contributed by atoms with Gasteiger partial charge in [-0.2, -0.15) is 5.10 Å². The second-order valence-corrected chi connectivity index (χ2v) is 8.98. The molecule has 8 nitrogen and oxygen atoms in total. The predicted molar refractivity (Wildman–Crippen MR) is 131 cm³/mol. The number of carbonyl (C=O) groups is 2. The van der Waals surface area contributed by atoms with Gasteiger partial charge in [-0.25, -0.2) is 4.98 Å². The Balaban J connectivity index is 1.47. The Kier molecular flexibility index (Phi) is 5.94. The summed E-state index contributed by atoms with van der Waals surface area (Å²) in [6.45, 7) is 6.64. The van der Waals surface area contributed by atoms with Crippen LogP contribution in [0.3, 0.4) is 0 Å². The third kappa shape index (κ3) is 4.47. The number of carbonyl (C=O) groups excluding carboxylic acids is 2. The third-order valence-electron chi connectivity index (χ3n) is 6.17. The van der Waals surface area contributed by atoms with Crippen LogP contribution in [0.5, 0.6) is 0 Å². The third-order valence-corrected chi connectivity index (χ3v) is 6.17. The van der Waals surface area contributed by atoms with Crippen LogP contribution in [0.1, 0.15) is 69.4 Å². The van der Waals surface area contributed by atoms with E-state index < -0.39 is 0 Å². The van der Waals surface area contributed by atoms with Gasteiger partial charge in [-0.3, -0.25) is 14.3 Å². The van der Waals surface area contributed by atoms with E-state index in [0.717, 1.165) is 17.0 Å². The highest BCUT2D eigenvalue weighted by atomic mass is 16.3. The molecule has 1 aliphatic rings. The van der Waals surface area contributed by atoms with Crippen molar-refractivity contribution in [3.63, 3.8) is 0 Å². The minimum atomic E-state index is -0.238. The molecule has 35 heavy (non-hydrogen) atoms. The fraction of sp³-hybridized carbons (Fsp3) is 0.259. The Bertz CT molecular complexity index is 1370. The van der Waals surface area contributed by atoms with Crippen LogP contribution in [0.25, 0.3) is 0 Å². The van der Waals surface area contributed by atoms with Gasteiger partial charge in [0.25, 0.3) is 11.8 Å². The van der Waals surface area contributed by atoms with Gasteiger partial charge in [0.05, 0.1) is 12.5 Å². The molecule has 4 aromatic rings. The zero-order chi connectivity index (χ0) is 24.5. The molecule has 0 bridgehead atoms. The van der Waals surface area contributed by atoms with Crippen molar-refractivity contribution in [3.05, 3.63) is 101 Å². The molecule has 2 amide bonds. The molecule has 0 fully saturated rings. The summed E-state index contributed by atoms with van der Waals surface area (Å²) in [6, 6.07) is 18.5. The standard InChI is InChI=1S/C27H27N5O3/c1-17(2)32-16-29-25(30-32)23-15-31(27(34)19-7-5-4-6-8-19)24-12-10-20(13-22(23)24)26(33)28-14-21-11-9-18(3)35-21/h4-13,16-17,23H,14-15H2,1-3H3,(H,28,33)/t23-/m0/s1. The van der Waals surface area contributed by atoms with Crippen LogP contribution in [-0.4, -0.2) is 33.1 Å². The quantitative estimate of drug-likeness (QED) is 0.449. The summed E-state index contributed by atoms with van der Waals surface area (Å²) in [5.74, 6) is 1.58. The maximum atomic E-state index is 13.4. The first-order valence-corrected chi connectivity index (χ1v) is 11.7. The zero-order valence-electron chi connectivity index (χ0n) is 19.9. The molecule has 2 aromatic heterocycles. The number of hydrogen-bond donors (Lipinski definition) is 1. The van der Waals surface area contributed by atoms with Gasteiger partial charge in [0, 0.05) is 29.4 Å². The van der Waals surface area contributed by atoms with Crippen LogP contribution in [0.4, 0.5) is 5.69 Å². The molecule has 1 atom stereocenters. The molecule has 0 saturated carbocycles. The zero-order valence-corrected chi connectivity index (χ0v) is 19.9. The number of fused-ring (bicyclic) bond motifs is 1. The average Bonchev–Trinajstić information content (AvgIpc) is 3.60. The Labute approximate surface area is 203 Å². The largest absolute Gasteiger partial charge is 0.465 e. The van der Waals surface area contributed by atoms with Crippen molar-refractivity contribution in [2.24, 2.45) is 0 Å². The number of aryl methyl sites for hydroxylation is 1. The SMILES string of the molecule is Cc1ccc(CNC(=O)c2ccc3c(c2)[C@@H](c2ncn(C(C)C)n2)CN3C(=O)c2ccccc2)o1. The van der Waals surface area contributed by atoms with E-state index in [2.05, 4.69) is 15.4 Å². The number of rotatable bonds is 6. The highest BCUT2D eigenvalue weighted by Gasteiger charge is 2.36. The van der Waals surface area contributed by atoms with Gasteiger partial charge in [0.15, 0.2) is 5.82 Å². The second-order valence-electron chi connectivity index (χ2n) is 8.98. The second kappa shape index (κ2) is 9.21. The van der Waals surface area contributed by atoms with Gasteiger partial charge in [-0.15, -0.1) is 0 Å². The van der Waals surface area contributed by atoms with E-state index in [4.69, 9.17) is 4.42 Å². The normalized spacial score (nSPS) is 14.9. The lowest BCUT2D eigenvalue weighted by atomic mass is 9.98. The highest BCUT2D eigenvalue weighted by molar-refractivity contribution is 6.08. The highest BCUT2D eigenvalue weighted by Crippen LogP contribution is 2.40. The number of hydrogen-bond acceptors (Lipinski definition) is 5. The first-order chi connectivity index (χ1) is 16.9. The number of nitrogens with zero attached hydrogens (tertiary/aromatic N) is 4. The number of furan rings is 1. The monoisotopic (exact) mass is 469 g/mol. The first kappa shape index (κ1) is 22.6. The van der Waals surface area contributed by atoms with Crippen LogP contribution in [-0.2, 0) is 6.54 Å². The van der Waals surface area contributed by atoms with Crippen molar-refractivity contribution >= 4 is 17.5 Å². The topological polar surface area (TPSA) is 93.3 Å². The van der Waals surface area contributed by atoms with Gasteiger partial charge in [0.2, 0.25) is 0 Å². The summed E-state index contributed by atoms with van der Waals surface area (Å²) in [6.07, 6.45) is 1.71. The van der Waals surface area contributed by atoms with Gasteiger partial charge >= 0.3 is 0 Å². The van der Waals surface area contributed by atoms with Crippen LogP contribution in [0.15, 0.2) is 71.4 Å². The van der Waals surface area contributed by atoms with Gasteiger partial charge in [-0.1, -0.05) is 18.2 Å². The average molecular weight is 470 g/mol. The van der Waals surface area contributed by atoms with Crippen molar-refractivity contribution < 1.29 is 14.0 Å². The molecule has 0 saturated heterocycles. The van der Waals surface area contributed by atoms with E-state index in [9.17, 15) is 9.59 Å². The lowest BCUT2D eigenvalue weighted by molar-refractivity contribution is 0.0946. The molecular weight excluding hydrogens is 442 g/mol. The molecule has 0 spiro atoms. The number of nitrogens with one attached hydrogen (secondary N) is 1. The van der Waals surface area contributed by atoms with Crippen LogP contribution in [0, 0.1) is 6.92 Å². The van der Waals surface area contributed by atoms with E-state index in [0.29, 0.717) is 35.8 Å². The molecule has 0 aliphatic carbocycles. The maximum Gasteiger partial charge on any atom is 0.258 e. The lowest BCUT2D eigenvalue weighted by Crippen LogP contribution is -2.30. The van der Waals surface area contributed by atoms with Crippen molar-refractivity contribution in [3.8, 4) is 0 Å². The van der Waals surface area contributed by atoms with E-state index in [1.54, 1.807) is 34.1 Å². The number of amides is 2. The van der Waals surface area contributed by atoms with Crippen molar-refractivity contribution in [1.29, 1.82) is 0 Å². The summed E-state index contributed by atoms with van der Waals surface area (Å²) >= 11 is 0. The van der Waals surface area contributed by atoms with E-state index >= 15 is 0 Å². The van der Waals surface area contributed by atoms with Gasteiger partial charge in [0.1, 0.15) is 17.8 Å². The fourth-order valence-corrected chi connectivity index (χ4v) is 4.30. The van der Waals surface area contributed by atoms with Crippen LogP contribution in [0.2, 0.25) is 0 Å². The van der Waals surface area contributed by atoms with Crippen molar-refractivity contribution in [2.45, 2.75) is 39.3 Å². The molecule has 3 heterocycles. The molecule has 0 unspecified atom stereocenters. The van der Waals surface area contributed by atoms with Crippen LogP contribution >= 0.6 is 0 Å². The molecule has 2 aromatic carbocycles. The number of benzene rings is 2. The molecule has 5 rings (SSSR count). The molecule has 1 N–H and O–H groups in total. The maximum absolute atomic E-state index is 13.4. The molecule has 178 valence electrons. The minimum Gasteiger partial charge on any atom is -0.465 e. The fourth-order valence-electron chi connectivity index (χ4n) is 4.30. The predicted octanol–water partition coefficient (Wildman–Crippen LogP) is 4.48. The molecule has 8 heteroatoms. The molecule has 1 aliphatic heterocycles. The Morgan fingerprint density at radius 3 is 2.57 bits per heavy atom. The summed E-state index contributed by atoms with van der Waals surface area (Å²) in [7, 11) is 0. The summed E-state index contributed by atoms with van der Waals surface area (Å²) in [5, 5.41) is 7.57. The van der Waals surface area contributed by atoms with E-state index in [-0.39, 0.29) is 23.8 Å². The van der Waals surface area contributed by atoms with E-state index in [1.165, 1.54) is 0 Å². The minimum absolute atomic E-state index is 0.0944. The lowest BCUT2D eigenvalue weighted by Gasteiger charge is -2.18. The summed E-state index contributed by atoms with van der Waals surface area (Å²) in [5.41, 5.74) is 2.74. The first-order valence-electron chi connectivity index (χ1n) is 11.7. The van der Waals surface area contributed by atoms with Gasteiger partial charge in [-0.05, 0) is 68.8 Å². The summed E-state index contributed by atoms with van der Waals surface area (Å²) < 4.78 is 7.35.